The Morgan fingerprint density at radius 1 is 1.88 bits per heavy atom. The largest absolute Gasteiger partial charge is 0.464 e. The van der Waals surface area contributed by atoms with Crippen LogP contribution in [-0.4, -0.2) is 17.5 Å². The van der Waals surface area contributed by atoms with Gasteiger partial charge in [0.05, 0.1) is 11.3 Å². The number of cyclic esters (lactones) is 1. The first-order valence-electron chi connectivity index (χ1n) is 2.45. The molecule has 8 heavy (non-hydrogen) atoms. The van der Waals surface area contributed by atoms with Crippen LogP contribution in [0.5, 0.6) is 0 Å². The van der Waals surface area contributed by atoms with Crippen LogP contribution in [0.15, 0.2) is 0 Å². The third-order valence-corrected chi connectivity index (χ3v) is 1.29. The van der Waals surface area contributed by atoms with Crippen molar-refractivity contribution in [3.8, 4) is 0 Å². The Balaban J connectivity index is 2.56. The van der Waals surface area contributed by atoms with Gasteiger partial charge in [-0.1, -0.05) is 0 Å². The Kier molecular flexibility index (Phi) is 1.19. The van der Waals surface area contributed by atoms with Gasteiger partial charge in [-0.25, -0.2) is 0 Å². The molecular weight excluding hydrogens is 128 g/mol. The van der Waals surface area contributed by atoms with Gasteiger partial charge in [0.15, 0.2) is 0 Å². The van der Waals surface area contributed by atoms with Crippen LogP contribution in [0.3, 0.4) is 0 Å². The van der Waals surface area contributed by atoms with E-state index in [0.717, 1.165) is 0 Å². The molecule has 0 aromatic rings. The van der Waals surface area contributed by atoms with Gasteiger partial charge in [0, 0.05) is 0 Å². The van der Waals surface area contributed by atoms with E-state index in [1.54, 1.807) is 6.92 Å². The van der Waals surface area contributed by atoms with Gasteiger partial charge in [-0.05, 0) is 6.92 Å². The van der Waals surface area contributed by atoms with Crippen molar-refractivity contribution in [2.75, 3.05) is 6.61 Å². The van der Waals surface area contributed by atoms with Crippen LogP contribution in [0.1, 0.15) is 13.3 Å². The first kappa shape index (κ1) is 5.89. The highest BCUT2D eigenvalue weighted by atomic mass is 35.5. The van der Waals surface area contributed by atoms with Crippen LogP contribution < -0.4 is 0 Å². The maximum atomic E-state index is 10.4. The molecule has 0 saturated carbocycles. The lowest BCUT2D eigenvalue weighted by molar-refractivity contribution is -0.137. The summed E-state index contributed by atoms with van der Waals surface area (Å²) in [5, 5.41) is 0. The Bertz CT molecular complexity index is 120. The average molecular weight is 135 g/mol. The molecule has 0 N–H and O–H groups in total. The number of rotatable bonds is 0. The summed E-state index contributed by atoms with van der Waals surface area (Å²) in [5.74, 6) is -0.192. The van der Waals surface area contributed by atoms with Crippen molar-refractivity contribution in [3.63, 3.8) is 0 Å². The zero-order valence-electron chi connectivity index (χ0n) is 4.61. The van der Waals surface area contributed by atoms with Crippen LogP contribution in [0.4, 0.5) is 0 Å². The summed E-state index contributed by atoms with van der Waals surface area (Å²) in [7, 11) is 0. The molecule has 1 aliphatic heterocycles. The van der Waals surface area contributed by atoms with Crippen LogP contribution in [0.25, 0.3) is 0 Å². The summed E-state index contributed by atoms with van der Waals surface area (Å²) < 4.78 is 4.60. The van der Waals surface area contributed by atoms with E-state index in [-0.39, 0.29) is 5.97 Å². The predicted molar refractivity (Wildman–Crippen MR) is 29.8 cm³/mol. The molecular formula is C5H7ClO2. The van der Waals surface area contributed by atoms with Gasteiger partial charge in [-0.15, -0.1) is 11.6 Å². The quantitative estimate of drug-likeness (QED) is 0.364. The molecule has 0 aliphatic carbocycles. The van der Waals surface area contributed by atoms with E-state index >= 15 is 0 Å². The highest BCUT2D eigenvalue weighted by Gasteiger charge is 2.33. The first-order valence-corrected chi connectivity index (χ1v) is 2.82. The normalized spacial score (nSPS) is 37.5. The Morgan fingerprint density at radius 3 is 2.62 bits per heavy atom. The molecule has 1 unspecified atom stereocenters. The molecule has 0 aromatic heterocycles. The molecule has 2 nitrogen and oxygen atoms in total. The van der Waals surface area contributed by atoms with Crippen LogP contribution in [0, 0.1) is 0 Å². The summed E-state index contributed by atoms with van der Waals surface area (Å²) in [6, 6.07) is 0. The molecule has 1 fully saturated rings. The van der Waals surface area contributed by atoms with E-state index in [9.17, 15) is 4.79 Å². The molecule has 1 saturated heterocycles. The molecule has 1 atom stereocenters. The van der Waals surface area contributed by atoms with Crippen LogP contribution in [0.2, 0.25) is 0 Å². The van der Waals surface area contributed by atoms with Crippen molar-refractivity contribution in [2.24, 2.45) is 0 Å². The lowest BCUT2D eigenvalue weighted by Crippen LogP contribution is -2.14. The number of hydrogen-bond donors (Lipinski definition) is 0. The van der Waals surface area contributed by atoms with Gasteiger partial charge in [0.25, 0.3) is 0 Å². The van der Waals surface area contributed by atoms with Gasteiger partial charge >= 0.3 is 5.97 Å². The van der Waals surface area contributed by atoms with E-state index in [1.807, 2.05) is 0 Å². The van der Waals surface area contributed by atoms with Crippen molar-refractivity contribution < 1.29 is 9.53 Å². The molecule has 0 amide bonds. The fourth-order valence-corrected chi connectivity index (χ4v) is 0.798. The summed E-state index contributed by atoms with van der Waals surface area (Å²) in [6.07, 6.45) is 0.342. The SMILES string of the molecule is CC1(Cl)COC(=O)C1. The molecule has 0 spiro atoms. The van der Waals surface area contributed by atoms with E-state index < -0.39 is 4.87 Å². The maximum absolute atomic E-state index is 10.4. The number of esters is 1. The number of hydrogen-bond acceptors (Lipinski definition) is 2. The van der Waals surface area contributed by atoms with Gasteiger partial charge < -0.3 is 4.74 Å². The first-order chi connectivity index (χ1) is 3.60. The Morgan fingerprint density at radius 2 is 2.50 bits per heavy atom. The number of halogens is 1. The standard InChI is InChI=1S/C5H7ClO2/c1-5(6)2-4(7)8-3-5/h2-3H2,1H3. The van der Waals surface area contributed by atoms with E-state index in [4.69, 9.17) is 11.6 Å². The zero-order valence-corrected chi connectivity index (χ0v) is 5.36. The van der Waals surface area contributed by atoms with Gasteiger partial charge in [0.1, 0.15) is 6.61 Å². The zero-order chi connectivity index (χ0) is 6.20. The second kappa shape index (κ2) is 1.62. The highest BCUT2D eigenvalue weighted by molar-refractivity contribution is 6.25. The smallest absolute Gasteiger partial charge is 0.307 e. The third kappa shape index (κ3) is 1.13. The van der Waals surface area contributed by atoms with Crippen molar-refractivity contribution in [1.82, 2.24) is 0 Å². The number of carbonyl (C=O) groups excluding carboxylic acids is 1. The monoisotopic (exact) mass is 134 g/mol. The summed E-state index contributed by atoms with van der Waals surface area (Å²) in [4.78, 5) is 9.92. The summed E-state index contributed by atoms with van der Waals surface area (Å²) in [6.45, 7) is 2.15. The second-order valence-electron chi connectivity index (χ2n) is 2.25. The maximum Gasteiger partial charge on any atom is 0.307 e. The minimum atomic E-state index is -0.433. The number of alkyl halides is 1. The molecule has 0 aromatic carbocycles. The topological polar surface area (TPSA) is 26.3 Å². The summed E-state index contributed by atoms with van der Waals surface area (Å²) in [5.41, 5.74) is 0. The molecule has 1 heterocycles. The van der Waals surface area contributed by atoms with Crippen molar-refractivity contribution in [1.29, 1.82) is 0 Å². The number of carbonyl (C=O) groups is 1. The Labute approximate surface area is 52.8 Å². The van der Waals surface area contributed by atoms with Crippen LogP contribution in [-0.2, 0) is 9.53 Å². The highest BCUT2D eigenvalue weighted by Crippen LogP contribution is 2.25. The molecule has 1 aliphatic rings. The minimum absolute atomic E-state index is 0.192. The Hall–Kier alpha value is -0.240. The molecule has 0 radical (unpaired) electrons. The molecule has 46 valence electrons. The third-order valence-electron chi connectivity index (χ3n) is 1.05. The molecule has 1 rings (SSSR count). The molecule has 3 heteroatoms. The number of ether oxygens (including phenoxy) is 1. The summed E-state index contributed by atoms with van der Waals surface area (Å²) >= 11 is 5.72. The van der Waals surface area contributed by atoms with E-state index in [1.165, 1.54) is 0 Å². The van der Waals surface area contributed by atoms with Crippen molar-refractivity contribution in [2.45, 2.75) is 18.2 Å². The van der Waals surface area contributed by atoms with Gasteiger partial charge in [-0.3, -0.25) is 4.79 Å². The van der Waals surface area contributed by atoms with E-state index in [2.05, 4.69) is 4.74 Å². The lowest BCUT2D eigenvalue weighted by Gasteiger charge is -2.05. The average Bonchev–Trinajstić information content (AvgIpc) is 1.82. The predicted octanol–water partition coefficient (Wildman–Crippen LogP) is 0.931. The van der Waals surface area contributed by atoms with E-state index in [0.29, 0.717) is 13.0 Å². The minimum Gasteiger partial charge on any atom is -0.464 e. The van der Waals surface area contributed by atoms with Crippen molar-refractivity contribution in [3.05, 3.63) is 0 Å². The van der Waals surface area contributed by atoms with Crippen LogP contribution >= 0.6 is 11.6 Å². The fourth-order valence-electron chi connectivity index (χ4n) is 0.634. The second-order valence-corrected chi connectivity index (χ2v) is 3.16. The van der Waals surface area contributed by atoms with Gasteiger partial charge in [-0.2, -0.15) is 0 Å². The van der Waals surface area contributed by atoms with Gasteiger partial charge in [0.2, 0.25) is 0 Å². The lowest BCUT2D eigenvalue weighted by atomic mass is 10.1. The fraction of sp³-hybridized carbons (Fsp3) is 0.800. The molecule has 0 bridgehead atoms. The van der Waals surface area contributed by atoms with Crippen molar-refractivity contribution >= 4 is 17.6 Å².